The highest BCUT2D eigenvalue weighted by Gasteiger charge is 2.47. The van der Waals surface area contributed by atoms with Crippen molar-refractivity contribution in [2.45, 2.75) is 18.9 Å². The van der Waals surface area contributed by atoms with Crippen molar-refractivity contribution in [1.29, 1.82) is 0 Å². The minimum absolute atomic E-state index is 0.0924. The molecule has 0 radical (unpaired) electrons. The first-order chi connectivity index (χ1) is 16.9. The Kier molecular flexibility index (Phi) is 5.94. The summed E-state index contributed by atoms with van der Waals surface area (Å²) < 4.78 is 24.5. The van der Waals surface area contributed by atoms with E-state index < -0.39 is 23.5 Å². The molecule has 1 unspecified atom stereocenters. The van der Waals surface area contributed by atoms with Crippen LogP contribution in [0, 0.1) is 5.82 Å². The van der Waals surface area contributed by atoms with Gasteiger partial charge in [0.1, 0.15) is 23.1 Å². The van der Waals surface area contributed by atoms with E-state index in [0.717, 1.165) is 24.2 Å². The highest BCUT2D eigenvalue weighted by atomic mass is 35.5. The molecule has 0 spiro atoms. The number of aliphatic hydroxyl groups excluding tert-OH is 1. The van der Waals surface area contributed by atoms with Crippen LogP contribution in [-0.4, -0.2) is 30.5 Å². The largest absolute Gasteiger partial charge is 0.507 e. The lowest BCUT2D eigenvalue weighted by atomic mass is 9.94. The van der Waals surface area contributed by atoms with Gasteiger partial charge in [0.25, 0.3) is 11.7 Å². The fourth-order valence-electron chi connectivity index (χ4n) is 4.53. The summed E-state index contributed by atoms with van der Waals surface area (Å²) in [6.07, 6.45) is 1.62. The Morgan fingerprint density at radius 2 is 1.89 bits per heavy atom. The number of halogens is 2. The lowest BCUT2D eigenvalue weighted by Crippen LogP contribution is -2.29. The molecule has 2 heterocycles. The van der Waals surface area contributed by atoms with Crippen molar-refractivity contribution in [2.24, 2.45) is 0 Å². The number of ether oxygens (including phenoxy) is 2. The van der Waals surface area contributed by atoms with Crippen LogP contribution in [-0.2, 0) is 16.0 Å². The van der Waals surface area contributed by atoms with E-state index in [2.05, 4.69) is 0 Å². The first-order valence-corrected chi connectivity index (χ1v) is 11.4. The van der Waals surface area contributed by atoms with Gasteiger partial charge in [0.2, 0.25) is 0 Å². The van der Waals surface area contributed by atoms with Crippen LogP contribution in [0.1, 0.15) is 29.2 Å². The molecule has 178 valence electrons. The number of aryl methyl sites for hydroxylation is 1. The molecule has 1 fully saturated rings. The van der Waals surface area contributed by atoms with Crippen molar-refractivity contribution in [3.63, 3.8) is 0 Å². The number of nitrogens with zero attached hydrogens (tertiary/aromatic N) is 1. The normalized spacial score (nSPS) is 18.8. The number of aliphatic hydroxyl groups is 1. The van der Waals surface area contributed by atoms with E-state index in [1.807, 2.05) is 0 Å². The maximum atomic E-state index is 13.7. The molecule has 0 bridgehead atoms. The smallest absolute Gasteiger partial charge is 0.300 e. The molecule has 2 aliphatic heterocycles. The molecule has 0 aliphatic carbocycles. The molecule has 0 saturated carbocycles. The molecule has 3 aromatic rings. The second kappa shape index (κ2) is 9.07. The average molecular weight is 494 g/mol. The first-order valence-electron chi connectivity index (χ1n) is 11.0. The summed E-state index contributed by atoms with van der Waals surface area (Å²) in [5.41, 5.74) is 2.01. The van der Waals surface area contributed by atoms with Gasteiger partial charge in [-0.25, -0.2) is 4.39 Å². The number of carbonyl (C=O) groups excluding carboxylic acids is 2. The van der Waals surface area contributed by atoms with Gasteiger partial charge in [-0.15, -0.1) is 0 Å². The van der Waals surface area contributed by atoms with Crippen LogP contribution < -0.4 is 14.4 Å². The van der Waals surface area contributed by atoms with Crippen molar-refractivity contribution in [3.8, 4) is 11.5 Å². The van der Waals surface area contributed by atoms with E-state index in [9.17, 15) is 19.1 Å². The quantitative estimate of drug-likeness (QED) is 0.297. The highest BCUT2D eigenvalue weighted by Crippen LogP contribution is 2.44. The second-order valence-corrected chi connectivity index (χ2v) is 8.72. The van der Waals surface area contributed by atoms with Gasteiger partial charge < -0.3 is 14.6 Å². The monoisotopic (exact) mass is 493 g/mol. The topological polar surface area (TPSA) is 76.1 Å². The van der Waals surface area contributed by atoms with E-state index in [0.29, 0.717) is 29.2 Å². The lowest BCUT2D eigenvalue weighted by molar-refractivity contribution is -0.132. The zero-order chi connectivity index (χ0) is 24.7. The summed E-state index contributed by atoms with van der Waals surface area (Å²) in [7, 11) is 1.47. The van der Waals surface area contributed by atoms with Crippen molar-refractivity contribution in [2.75, 3.05) is 18.6 Å². The predicted octanol–water partition coefficient (Wildman–Crippen LogP) is 5.44. The van der Waals surface area contributed by atoms with E-state index in [-0.39, 0.29) is 16.4 Å². The zero-order valence-corrected chi connectivity index (χ0v) is 19.5. The Labute approximate surface area is 206 Å². The van der Waals surface area contributed by atoms with Crippen molar-refractivity contribution >= 4 is 34.7 Å². The Bertz CT molecular complexity index is 1370. The molecule has 35 heavy (non-hydrogen) atoms. The summed E-state index contributed by atoms with van der Waals surface area (Å²) in [6, 6.07) is 14.3. The van der Waals surface area contributed by atoms with Crippen molar-refractivity contribution in [1.82, 2.24) is 0 Å². The third-order valence-electron chi connectivity index (χ3n) is 6.23. The number of carbonyl (C=O) groups is 2. The maximum absolute atomic E-state index is 13.7. The summed E-state index contributed by atoms with van der Waals surface area (Å²) >= 11 is 6.30. The Hall–Kier alpha value is -3.84. The Morgan fingerprint density at radius 3 is 2.60 bits per heavy atom. The van der Waals surface area contributed by atoms with Crippen molar-refractivity contribution < 1.29 is 28.6 Å². The molecule has 5 rings (SSSR count). The number of hydrogen-bond donors (Lipinski definition) is 1. The van der Waals surface area contributed by atoms with Crippen LogP contribution in [0.5, 0.6) is 11.5 Å². The molecular formula is C27H21ClFNO5. The Balaban J connectivity index is 1.68. The van der Waals surface area contributed by atoms with Crippen LogP contribution in [0.4, 0.5) is 10.1 Å². The number of Topliss-reactive ketones (excluding diaryl/α,β-unsaturated/α-hetero) is 1. The minimum atomic E-state index is -0.993. The zero-order valence-electron chi connectivity index (χ0n) is 18.8. The SMILES string of the molecule is COc1ccc(N2C(=O)C(=O)/C(=C(\O)c3ccc4c(c3)CCCO4)C2c2ccc(F)cc2)cc1Cl. The molecule has 1 N–H and O–H groups in total. The number of rotatable bonds is 4. The lowest BCUT2D eigenvalue weighted by Gasteiger charge is -2.26. The van der Waals surface area contributed by atoms with Gasteiger partial charge in [0, 0.05) is 11.3 Å². The molecule has 3 aromatic carbocycles. The van der Waals surface area contributed by atoms with E-state index in [1.165, 1.54) is 42.3 Å². The van der Waals surface area contributed by atoms with Gasteiger partial charge in [-0.2, -0.15) is 0 Å². The second-order valence-electron chi connectivity index (χ2n) is 8.31. The van der Waals surface area contributed by atoms with Gasteiger partial charge in [-0.05, 0) is 72.5 Å². The summed E-state index contributed by atoms with van der Waals surface area (Å²) in [5, 5.41) is 11.6. The maximum Gasteiger partial charge on any atom is 0.300 e. The van der Waals surface area contributed by atoms with E-state index in [4.69, 9.17) is 21.1 Å². The van der Waals surface area contributed by atoms with Gasteiger partial charge in [-0.3, -0.25) is 14.5 Å². The summed E-state index contributed by atoms with van der Waals surface area (Å²) in [4.78, 5) is 27.8. The number of methoxy groups -OCH3 is 1. The molecule has 1 amide bonds. The minimum Gasteiger partial charge on any atom is -0.507 e. The predicted molar refractivity (Wildman–Crippen MR) is 129 cm³/mol. The number of ketones is 1. The number of amides is 1. The van der Waals surface area contributed by atoms with Crippen LogP contribution >= 0.6 is 11.6 Å². The van der Waals surface area contributed by atoms with Gasteiger partial charge in [0.15, 0.2) is 0 Å². The third kappa shape index (κ3) is 4.02. The van der Waals surface area contributed by atoms with Gasteiger partial charge in [-0.1, -0.05) is 23.7 Å². The van der Waals surface area contributed by atoms with Crippen LogP contribution in [0.15, 0.2) is 66.2 Å². The standard InChI is InChI=1S/C27H21ClFNO5/c1-34-22-11-9-19(14-20(22)28)30-24(15-4-7-18(29)8-5-15)23(26(32)27(30)33)25(31)17-6-10-21-16(13-17)3-2-12-35-21/h4-11,13-14,24,31H,2-3,12H2,1H3/b25-23-. The number of fused-ring (bicyclic) bond motifs is 1. The average Bonchev–Trinajstić information content (AvgIpc) is 3.14. The summed E-state index contributed by atoms with van der Waals surface area (Å²) in [5.74, 6) is -1.32. The number of anilines is 1. The summed E-state index contributed by atoms with van der Waals surface area (Å²) in [6.45, 7) is 0.623. The Morgan fingerprint density at radius 1 is 1.11 bits per heavy atom. The first kappa shape index (κ1) is 22.9. The highest BCUT2D eigenvalue weighted by molar-refractivity contribution is 6.51. The molecule has 1 saturated heterocycles. The number of benzene rings is 3. The molecule has 0 aromatic heterocycles. The van der Waals surface area contributed by atoms with E-state index >= 15 is 0 Å². The number of hydrogen-bond acceptors (Lipinski definition) is 5. The van der Waals surface area contributed by atoms with Crippen molar-refractivity contribution in [3.05, 3.63) is 93.8 Å². The molecule has 8 heteroatoms. The molecule has 2 aliphatic rings. The van der Waals surface area contributed by atoms with Gasteiger partial charge in [0.05, 0.1) is 30.4 Å². The van der Waals surface area contributed by atoms with E-state index in [1.54, 1.807) is 30.3 Å². The molecule has 1 atom stereocenters. The third-order valence-corrected chi connectivity index (χ3v) is 6.52. The fraction of sp³-hybridized carbons (Fsp3) is 0.185. The fourth-order valence-corrected chi connectivity index (χ4v) is 4.78. The molecular weight excluding hydrogens is 473 g/mol. The molecule has 6 nitrogen and oxygen atoms in total. The van der Waals surface area contributed by atoms with Gasteiger partial charge >= 0.3 is 0 Å². The van der Waals surface area contributed by atoms with Crippen LogP contribution in [0.3, 0.4) is 0 Å². The van der Waals surface area contributed by atoms with Crippen LogP contribution in [0.25, 0.3) is 5.76 Å². The van der Waals surface area contributed by atoms with Crippen LogP contribution in [0.2, 0.25) is 5.02 Å².